The number of anilines is 1. The number of fused-ring (bicyclic) bond motifs is 1. The lowest BCUT2D eigenvalue weighted by Crippen LogP contribution is -2.35. The molecule has 1 aromatic rings. The van der Waals surface area contributed by atoms with Gasteiger partial charge in [0.05, 0.1) is 17.2 Å². The van der Waals surface area contributed by atoms with Gasteiger partial charge in [0.2, 0.25) is 0 Å². The number of nitrogens with one attached hydrogen (secondary N) is 2. The van der Waals surface area contributed by atoms with Crippen LogP contribution in [-0.2, 0) is 19.5 Å². The topological polar surface area (TPSA) is 114 Å². The number of sulfone groups is 1. The number of carbonyl (C=O) groups excluding carboxylic acids is 2. The molecular weight excluding hydrogens is 310 g/mol. The average molecular weight is 323 g/mol. The molecule has 9 heteroatoms. The summed E-state index contributed by atoms with van der Waals surface area (Å²) in [6, 6.07) is 6.40. The van der Waals surface area contributed by atoms with Gasteiger partial charge in [0.15, 0.2) is 15.5 Å². The summed E-state index contributed by atoms with van der Waals surface area (Å²) in [6.07, 6.45) is -0.538. The molecule has 2 amide bonds. The van der Waals surface area contributed by atoms with Crippen LogP contribution in [0.3, 0.4) is 0 Å². The third-order valence-corrected chi connectivity index (χ3v) is 5.19. The van der Waals surface area contributed by atoms with Gasteiger partial charge >= 0.3 is 6.09 Å². The molecule has 2 aliphatic heterocycles. The van der Waals surface area contributed by atoms with Crippen LogP contribution in [0.4, 0.5) is 10.5 Å². The minimum atomic E-state index is -3.09. The van der Waals surface area contributed by atoms with E-state index in [4.69, 9.17) is 0 Å². The molecule has 0 radical (unpaired) electrons. The van der Waals surface area contributed by atoms with Crippen LogP contribution in [0.25, 0.3) is 0 Å². The molecule has 3 rings (SSSR count). The monoisotopic (exact) mass is 323 g/mol. The molecule has 2 heterocycles. The lowest BCUT2D eigenvalue weighted by Gasteiger charge is -2.08. The van der Waals surface area contributed by atoms with Crippen LogP contribution < -0.4 is 10.6 Å². The van der Waals surface area contributed by atoms with E-state index in [0.29, 0.717) is 17.7 Å². The number of para-hydroxylation sites is 1. The lowest BCUT2D eigenvalue weighted by atomic mass is 10.1. The van der Waals surface area contributed by atoms with Gasteiger partial charge in [0, 0.05) is 11.6 Å². The molecule has 2 aliphatic rings. The van der Waals surface area contributed by atoms with E-state index in [9.17, 15) is 18.0 Å². The first-order valence-electron chi connectivity index (χ1n) is 6.61. The number of rotatable bonds is 2. The van der Waals surface area contributed by atoms with Gasteiger partial charge in [-0.15, -0.1) is 0 Å². The highest BCUT2D eigenvalue weighted by molar-refractivity contribution is 7.91. The Morgan fingerprint density at radius 2 is 2.14 bits per heavy atom. The fraction of sp³-hybridized carbons (Fsp3) is 0.308. The van der Waals surface area contributed by atoms with Crippen molar-refractivity contribution in [2.75, 3.05) is 16.8 Å². The van der Waals surface area contributed by atoms with Crippen LogP contribution in [0, 0.1) is 0 Å². The van der Waals surface area contributed by atoms with Gasteiger partial charge in [-0.05, 0) is 12.5 Å². The molecule has 1 atom stereocenters. The van der Waals surface area contributed by atoms with E-state index in [2.05, 4.69) is 20.6 Å². The summed E-state index contributed by atoms with van der Waals surface area (Å²) in [5, 5.41) is 8.58. The molecule has 1 aromatic carbocycles. The molecule has 0 saturated carbocycles. The fourth-order valence-corrected chi connectivity index (χ4v) is 4.06. The van der Waals surface area contributed by atoms with Crippen molar-refractivity contribution >= 4 is 33.2 Å². The first-order chi connectivity index (χ1) is 10.4. The predicted octanol–water partition coefficient (Wildman–Crippen LogP) is 0.256. The summed E-state index contributed by atoms with van der Waals surface area (Å²) in [7, 11) is -3.09. The first-order valence-corrected chi connectivity index (χ1v) is 8.43. The van der Waals surface area contributed by atoms with Crippen LogP contribution in [0.1, 0.15) is 12.0 Å². The maximum absolute atomic E-state index is 11.7. The van der Waals surface area contributed by atoms with Crippen LogP contribution in [0.2, 0.25) is 0 Å². The van der Waals surface area contributed by atoms with Crippen LogP contribution in [0.15, 0.2) is 29.4 Å². The Morgan fingerprint density at radius 1 is 1.36 bits per heavy atom. The van der Waals surface area contributed by atoms with Gasteiger partial charge in [-0.3, -0.25) is 9.63 Å². The highest BCUT2D eigenvalue weighted by Gasteiger charge is 2.30. The number of amides is 2. The van der Waals surface area contributed by atoms with Crippen molar-refractivity contribution in [2.45, 2.75) is 12.5 Å². The Balaban J connectivity index is 1.65. The first kappa shape index (κ1) is 14.5. The summed E-state index contributed by atoms with van der Waals surface area (Å²) in [5.41, 5.74) is 1.14. The van der Waals surface area contributed by atoms with E-state index in [1.807, 2.05) is 0 Å². The second-order valence-corrected chi connectivity index (χ2v) is 7.29. The van der Waals surface area contributed by atoms with Crippen molar-refractivity contribution < 1.29 is 22.8 Å². The van der Waals surface area contributed by atoms with E-state index in [1.165, 1.54) is 0 Å². The second-order valence-electron chi connectivity index (χ2n) is 5.06. The minimum Gasteiger partial charge on any atom is -0.320 e. The molecule has 0 aromatic heterocycles. The van der Waals surface area contributed by atoms with E-state index in [-0.39, 0.29) is 17.2 Å². The SMILES string of the molecule is O=C(NC1CCS(=O)(=O)C1)O/N=C1\C(=O)Nc2ccccc21. The van der Waals surface area contributed by atoms with Crippen molar-refractivity contribution in [3.63, 3.8) is 0 Å². The summed E-state index contributed by atoms with van der Waals surface area (Å²) >= 11 is 0. The van der Waals surface area contributed by atoms with Gasteiger partial charge in [-0.2, -0.15) is 0 Å². The highest BCUT2D eigenvalue weighted by atomic mass is 32.2. The van der Waals surface area contributed by atoms with E-state index >= 15 is 0 Å². The molecular formula is C13H13N3O5S. The van der Waals surface area contributed by atoms with Gasteiger partial charge in [0.1, 0.15) is 0 Å². The third kappa shape index (κ3) is 2.93. The van der Waals surface area contributed by atoms with E-state index in [1.54, 1.807) is 24.3 Å². The Morgan fingerprint density at radius 3 is 2.86 bits per heavy atom. The van der Waals surface area contributed by atoms with Gasteiger partial charge in [-0.25, -0.2) is 13.2 Å². The van der Waals surface area contributed by atoms with Crippen molar-refractivity contribution in [3.05, 3.63) is 29.8 Å². The van der Waals surface area contributed by atoms with Gasteiger partial charge < -0.3 is 10.6 Å². The minimum absolute atomic E-state index is 0.00444. The van der Waals surface area contributed by atoms with Crippen molar-refractivity contribution in [1.82, 2.24) is 5.32 Å². The molecule has 22 heavy (non-hydrogen) atoms. The van der Waals surface area contributed by atoms with Crippen LogP contribution in [-0.4, -0.2) is 43.7 Å². The van der Waals surface area contributed by atoms with Crippen LogP contribution >= 0.6 is 0 Å². The molecule has 2 N–H and O–H groups in total. The quantitative estimate of drug-likeness (QED) is 0.598. The number of carbonyl (C=O) groups is 2. The standard InChI is InChI=1S/C13H13N3O5S/c17-12-11(9-3-1-2-4-10(9)15-12)16-21-13(18)14-8-5-6-22(19,20)7-8/h1-4,8H,5-7H2,(H,14,18)(H,15,16,17). The molecule has 1 unspecified atom stereocenters. The molecule has 116 valence electrons. The fourth-order valence-electron chi connectivity index (χ4n) is 2.38. The molecule has 0 bridgehead atoms. The molecule has 1 fully saturated rings. The largest absolute Gasteiger partial charge is 0.433 e. The third-order valence-electron chi connectivity index (χ3n) is 3.42. The Kier molecular flexibility index (Phi) is 3.57. The lowest BCUT2D eigenvalue weighted by molar-refractivity contribution is -0.110. The summed E-state index contributed by atoms with van der Waals surface area (Å²) in [4.78, 5) is 28.0. The Bertz CT molecular complexity index is 772. The summed E-state index contributed by atoms with van der Waals surface area (Å²) < 4.78 is 22.6. The van der Waals surface area contributed by atoms with E-state index in [0.717, 1.165) is 0 Å². The van der Waals surface area contributed by atoms with Gasteiger partial charge in [-0.1, -0.05) is 23.4 Å². The highest BCUT2D eigenvalue weighted by Crippen LogP contribution is 2.22. The molecule has 0 aliphatic carbocycles. The Hall–Kier alpha value is -2.42. The number of hydrogen-bond donors (Lipinski definition) is 2. The van der Waals surface area contributed by atoms with Crippen molar-refractivity contribution in [2.24, 2.45) is 5.16 Å². The zero-order chi connectivity index (χ0) is 15.7. The average Bonchev–Trinajstić information content (AvgIpc) is 2.95. The van der Waals surface area contributed by atoms with Gasteiger partial charge in [0.25, 0.3) is 5.91 Å². The number of nitrogens with zero attached hydrogens (tertiary/aromatic N) is 1. The molecule has 1 saturated heterocycles. The number of benzene rings is 1. The second kappa shape index (κ2) is 5.41. The molecule has 8 nitrogen and oxygen atoms in total. The van der Waals surface area contributed by atoms with Crippen molar-refractivity contribution in [3.8, 4) is 0 Å². The molecule has 0 spiro atoms. The summed E-state index contributed by atoms with van der Waals surface area (Å²) in [5.74, 6) is -0.526. The smallest absolute Gasteiger partial charge is 0.320 e. The normalized spacial score (nSPS) is 23.9. The van der Waals surface area contributed by atoms with Crippen molar-refractivity contribution in [1.29, 1.82) is 0 Å². The van der Waals surface area contributed by atoms with E-state index < -0.39 is 27.9 Å². The maximum atomic E-state index is 11.7. The van der Waals surface area contributed by atoms with Crippen LogP contribution in [0.5, 0.6) is 0 Å². The predicted molar refractivity (Wildman–Crippen MR) is 78.3 cm³/mol. The number of oxime groups is 1. The zero-order valence-corrected chi connectivity index (χ0v) is 12.2. The zero-order valence-electron chi connectivity index (χ0n) is 11.4. The summed E-state index contributed by atoms with van der Waals surface area (Å²) in [6.45, 7) is 0. The maximum Gasteiger partial charge on any atom is 0.433 e. The Labute approximate surface area is 126 Å². The number of hydrogen-bond acceptors (Lipinski definition) is 6.